The van der Waals surface area contributed by atoms with Gasteiger partial charge in [0.15, 0.2) is 9.84 Å². The monoisotopic (exact) mass is 281 g/mol. The lowest BCUT2D eigenvalue weighted by Crippen LogP contribution is -2.16. The van der Waals surface area contributed by atoms with Gasteiger partial charge in [0.05, 0.1) is 16.2 Å². The fourth-order valence-corrected chi connectivity index (χ4v) is 3.13. The predicted octanol–water partition coefficient (Wildman–Crippen LogP) is 2.22. The molecule has 1 aromatic rings. The number of alkyl halides is 3. The molecule has 0 aliphatic rings. The Morgan fingerprint density at radius 3 is 2.28 bits per heavy atom. The first kappa shape index (κ1) is 15.0. The van der Waals surface area contributed by atoms with Crippen molar-refractivity contribution in [3.8, 4) is 0 Å². The molecule has 0 spiro atoms. The van der Waals surface area contributed by atoms with Crippen LogP contribution in [-0.2, 0) is 16.0 Å². The molecule has 0 radical (unpaired) electrons. The summed E-state index contributed by atoms with van der Waals surface area (Å²) in [5.41, 5.74) is 4.11. The lowest BCUT2D eigenvalue weighted by atomic mass is 10.2. The Hall–Kier alpha value is -1.08. The SMILES string of the molecule is NCCCCS(=O)(=O)c1ccccc1C(F)(F)F. The summed E-state index contributed by atoms with van der Waals surface area (Å²) >= 11 is 0. The fraction of sp³-hybridized carbons (Fsp3) is 0.455. The van der Waals surface area contributed by atoms with Gasteiger partial charge in [-0.1, -0.05) is 12.1 Å². The van der Waals surface area contributed by atoms with Crippen molar-refractivity contribution in [1.29, 1.82) is 0 Å². The summed E-state index contributed by atoms with van der Waals surface area (Å²) in [7, 11) is -3.92. The van der Waals surface area contributed by atoms with Gasteiger partial charge in [0.1, 0.15) is 0 Å². The van der Waals surface area contributed by atoms with Crippen molar-refractivity contribution in [1.82, 2.24) is 0 Å². The van der Waals surface area contributed by atoms with Crippen LogP contribution in [0.4, 0.5) is 13.2 Å². The third-order valence-corrected chi connectivity index (χ3v) is 4.25. The van der Waals surface area contributed by atoms with Gasteiger partial charge in [-0.15, -0.1) is 0 Å². The quantitative estimate of drug-likeness (QED) is 0.842. The average molecular weight is 281 g/mol. The van der Waals surface area contributed by atoms with Gasteiger partial charge in [-0.2, -0.15) is 13.2 Å². The molecule has 0 saturated carbocycles. The van der Waals surface area contributed by atoms with Crippen LogP contribution in [0.5, 0.6) is 0 Å². The molecule has 0 atom stereocenters. The molecule has 0 heterocycles. The summed E-state index contributed by atoms with van der Waals surface area (Å²) in [5, 5.41) is 0. The molecule has 0 bridgehead atoms. The van der Waals surface area contributed by atoms with Crippen molar-refractivity contribution in [2.45, 2.75) is 23.9 Å². The zero-order valence-electron chi connectivity index (χ0n) is 9.57. The highest BCUT2D eigenvalue weighted by atomic mass is 32.2. The highest BCUT2D eigenvalue weighted by Crippen LogP contribution is 2.34. The second-order valence-corrected chi connectivity index (χ2v) is 5.89. The Morgan fingerprint density at radius 2 is 1.72 bits per heavy atom. The molecule has 1 rings (SSSR count). The van der Waals surface area contributed by atoms with E-state index < -0.39 is 26.5 Å². The van der Waals surface area contributed by atoms with Gasteiger partial charge in [-0.05, 0) is 31.5 Å². The minimum atomic E-state index is -4.67. The highest BCUT2D eigenvalue weighted by molar-refractivity contribution is 7.91. The van der Waals surface area contributed by atoms with Gasteiger partial charge in [0, 0.05) is 0 Å². The lowest BCUT2D eigenvalue weighted by molar-refractivity contribution is -0.139. The van der Waals surface area contributed by atoms with Crippen LogP contribution in [-0.4, -0.2) is 20.7 Å². The van der Waals surface area contributed by atoms with E-state index in [1.54, 1.807) is 0 Å². The van der Waals surface area contributed by atoms with Crippen LogP contribution in [0.3, 0.4) is 0 Å². The Bertz CT molecular complexity index is 497. The number of rotatable bonds is 5. The molecule has 2 N–H and O–H groups in total. The number of halogens is 3. The summed E-state index contributed by atoms with van der Waals surface area (Å²) in [4.78, 5) is -0.658. The molecule has 7 heteroatoms. The van der Waals surface area contributed by atoms with E-state index in [-0.39, 0.29) is 12.2 Å². The number of nitrogens with two attached hydrogens (primary N) is 1. The van der Waals surface area contributed by atoms with E-state index in [4.69, 9.17) is 5.73 Å². The third kappa shape index (κ3) is 3.71. The van der Waals surface area contributed by atoms with Crippen LogP contribution in [0.25, 0.3) is 0 Å². The first-order valence-electron chi connectivity index (χ1n) is 5.38. The number of benzene rings is 1. The summed E-state index contributed by atoms with van der Waals surface area (Å²) in [6, 6.07) is 4.21. The largest absolute Gasteiger partial charge is 0.417 e. The van der Waals surface area contributed by atoms with Gasteiger partial charge in [-0.3, -0.25) is 0 Å². The maximum atomic E-state index is 12.7. The number of hydrogen-bond donors (Lipinski definition) is 1. The van der Waals surface area contributed by atoms with Crippen molar-refractivity contribution in [2.24, 2.45) is 5.73 Å². The summed E-state index contributed by atoms with van der Waals surface area (Å²) < 4.78 is 61.7. The Kier molecular flexibility index (Phi) is 4.75. The van der Waals surface area contributed by atoms with Crippen LogP contribution >= 0.6 is 0 Å². The van der Waals surface area contributed by atoms with Gasteiger partial charge >= 0.3 is 6.18 Å². The van der Waals surface area contributed by atoms with Gasteiger partial charge in [-0.25, -0.2) is 8.42 Å². The van der Waals surface area contributed by atoms with E-state index >= 15 is 0 Å². The Labute approximate surface area is 104 Å². The van der Waals surface area contributed by atoms with E-state index in [9.17, 15) is 21.6 Å². The molecular formula is C11H14F3NO2S. The van der Waals surface area contributed by atoms with Crippen LogP contribution in [0.2, 0.25) is 0 Å². The van der Waals surface area contributed by atoms with Crippen LogP contribution in [0.15, 0.2) is 29.2 Å². The standard InChI is InChI=1S/C11H14F3NO2S/c12-11(13,14)9-5-1-2-6-10(9)18(16,17)8-4-3-7-15/h1-2,5-6H,3-4,7-8,15H2. The minimum absolute atomic E-state index is 0.255. The molecule has 0 aliphatic carbocycles. The topological polar surface area (TPSA) is 60.2 Å². The Morgan fingerprint density at radius 1 is 1.11 bits per heavy atom. The van der Waals surface area contributed by atoms with E-state index in [0.29, 0.717) is 13.0 Å². The second-order valence-electron chi connectivity index (χ2n) is 3.81. The maximum absolute atomic E-state index is 12.7. The first-order chi connectivity index (χ1) is 8.29. The number of sulfone groups is 1. The molecule has 0 amide bonds. The average Bonchev–Trinajstić information content (AvgIpc) is 2.28. The summed E-state index contributed by atoms with van der Waals surface area (Å²) in [6.07, 6.45) is -3.95. The van der Waals surface area contributed by atoms with Crippen LogP contribution in [0.1, 0.15) is 18.4 Å². The molecule has 3 nitrogen and oxygen atoms in total. The summed E-state index contributed by atoms with van der Waals surface area (Å²) in [6.45, 7) is 0.316. The van der Waals surface area contributed by atoms with E-state index in [1.807, 2.05) is 0 Å². The molecular weight excluding hydrogens is 267 g/mol. The fourth-order valence-electron chi connectivity index (χ4n) is 1.52. The zero-order valence-corrected chi connectivity index (χ0v) is 10.4. The molecule has 0 aromatic heterocycles. The van der Waals surface area contributed by atoms with Crippen molar-refractivity contribution < 1.29 is 21.6 Å². The van der Waals surface area contributed by atoms with Crippen LogP contribution < -0.4 is 5.73 Å². The minimum Gasteiger partial charge on any atom is -0.330 e. The predicted molar refractivity (Wildman–Crippen MR) is 61.8 cm³/mol. The molecule has 18 heavy (non-hydrogen) atoms. The highest BCUT2D eigenvalue weighted by Gasteiger charge is 2.36. The molecule has 102 valence electrons. The van der Waals surface area contributed by atoms with Gasteiger partial charge in [0.25, 0.3) is 0 Å². The van der Waals surface area contributed by atoms with Crippen molar-refractivity contribution in [3.05, 3.63) is 29.8 Å². The van der Waals surface area contributed by atoms with Gasteiger partial charge in [0.2, 0.25) is 0 Å². The smallest absolute Gasteiger partial charge is 0.330 e. The first-order valence-corrected chi connectivity index (χ1v) is 7.03. The number of unbranched alkanes of at least 4 members (excludes halogenated alkanes) is 1. The third-order valence-electron chi connectivity index (χ3n) is 2.39. The lowest BCUT2D eigenvalue weighted by Gasteiger charge is -2.12. The molecule has 0 fully saturated rings. The Balaban J connectivity index is 3.09. The molecule has 0 aliphatic heterocycles. The number of hydrogen-bond acceptors (Lipinski definition) is 3. The van der Waals surface area contributed by atoms with Crippen molar-refractivity contribution >= 4 is 9.84 Å². The van der Waals surface area contributed by atoms with E-state index in [2.05, 4.69) is 0 Å². The zero-order chi connectivity index (χ0) is 13.8. The van der Waals surface area contributed by atoms with Crippen molar-refractivity contribution in [2.75, 3.05) is 12.3 Å². The molecule has 0 unspecified atom stereocenters. The van der Waals surface area contributed by atoms with E-state index in [1.165, 1.54) is 12.1 Å². The van der Waals surface area contributed by atoms with Crippen LogP contribution in [0, 0.1) is 0 Å². The maximum Gasteiger partial charge on any atom is 0.417 e. The normalized spacial score (nSPS) is 12.7. The van der Waals surface area contributed by atoms with E-state index in [0.717, 1.165) is 12.1 Å². The second kappa shape index (κ2) is 5.71. The van der Waals surface area contributed by atoms with Gasteiger partial charge < -0.3 is 5.73 Å². The molecule has 1 aromatic carbocycles. The summed E-state index contributed by atoms with van der Waals surface area (Å²) in [5.74, 6) is -0.322. The van der Waals surface area contributed by atoms with Crippen molar-refractivity contribution in [3.63, 3.8) is 0 Å². The molecule has 0 saturated heterocycles.